The number of thioether (sulfide) groups is 1. The fourth-order valence-electron chi connectivity index (χ4n) is 5.20. The molecule has 0 aromatic rings. The van der Waals surface area contributed by atoms with Gasteiger partial charge in [0.1, 0.15) is 0 Å². The summed E-state index contributed by atoms with van der Waals surface area (Å²) in [6.07, 6.45) is 15.2. The number of aliphatic hydroxyl groups is 1. The Bertz CT molecular complexity index is 670. The number of thiocarbonyl (C=S) groups is 1. The molecule has 0 saturated heterocycles. The van der Waals surface area contributed by atoms with Gasteiger partial charge in [0.2, 0.25) is 0 Å². The highest BCUT2D eigenvalue weighted by molar-refractivity contribution is 8.13. The molecule has 0 aliphatic carbocycles. The van der Waals surface area contributed by atoms with E-state index in [2.05, 4.69) is 13.8 Å². The van der Waals surface area contributed by atoms with E-state index in [1.54, 1.807) is 0 Å². The second kappa shape index (κ2) is 33.6. The molecule has 46 heavy (non-hydrogen) atoms. The summed E-state index contributed by atoms with van der Waals surface area (Å²) in [5.74, 6) is 0.939. The van der Waals surface area contributed by atoms with Crippen molar-refractivity contribution >= 4 is 51.8 Å². The first-order chi connectivity index (χ1) is 22.2. The van der Waals surface area contributed by atoms with Crippen LogP contribution in [0, 0.1) is 5.92 Å². The van der Waals surface area contributed by atoms with E-state index in [9.17, 15) is 9.90 Å². The van der Waals surface area contributed by atoms with E-state index in [1.807, 2.05) is 41.5 Å². The molecule has 0 spiro atoms. The molecule has 276 valence electrons. The van der Waals surface area contributed by atoms with Gasteiger partial charge >= 0.3 is 17.6 Å². The first-order valence-corrected chi connectivity index (χ1v) is 23.7. The Balaban J connectivity index is 0. The number of unbranched alkanes of at least 4 members (excludes halogenated alkanes) is 7. The summed E-state index contributed by atoms with van der Waals surface area (Å²) in [7, 11) is -5.10. The zero-order valence-electron chi connectivity index (χ0n) is 31.0. The molecule has 0 aromatic heterocycles. The van der Waals surface area contributed by atoms with Crippen molar-refractivity contribution in [3.63, 3.8) is 0 Å². The molecule has 0 saturated carbocycles. The zero-order chi connectivity index (χ0) is 34.9. The molecule has 12 heteroatoms. The maximum absolute atomic E-state index is 11.9. The third kappa shape index (κ3) is 26.0. The maximum atomic E-state index is 11.9. The maximum Gasteiger partial charge on any atom is 0.500 e. The molecule has 0 amide bonds. The van der Waals surface area contributed by atoms with Crippen molar-refractivity contribution in [2.24, 2.45) is 5.92 Å². The van der Waals surface area contributed by atoms with Crippen molar-refractivity contribution < 1.29 is 36.5 Å². The molecule has 0 bridgehead atoms. The summed E-state index contributed by atoms with van der Waals surface area (Å²) >= 11 is 6.48. The summed E-state index contributed by atoms with van der Waals surface area (Å²) in [6.45, 7) is 19.9. The molecule has 0 heterocycles. The molecule has 8 nitrogen and oxygen atoms in total. The van der Waals surface area contributed by atoms with E-state index < -0.39 is 17.6 Å². The number of carbonyl (C=O) groups is 1. The van der Waals surface area contributed by atoms with Crippen LogP contribution >= 0.6 is 24.0 Å². The average molecular weight is 729 g/mol. The predicted octanol–water partition coefficient (Wildman–Crippen LogP) is 10.3. The Labute approximate surface area is 295 Å². The normalized spacial score (nSPS) is 12.5. The third-order valence-electron chi connectivity index (χ3n) is 7.35. The van der Waals surface area contributed by atoms with Crippen LogP contribution in [-0.4, -0.2) is 78.3 Å². The number of rotatable bonds is 32. The van der Waals surface area contributed by atoms with Crippen molar-refractivity contribution in [3.8, 4) is 0 Å². The topological polar surface area (TPSA) is 92.7 Å². The van der Waals surface area contributed by atoms with Crippen molar-refractivity contribution in [1.82, 2.24) is 0 Å². The molecular formula is C34H72O8S2Si2. The van der Waals surface area contributed by atoms with Gasteiger partial charge < -0.3 is 31.7 Å². The van der Waals surface area contributed by atoms with Crippen LogP contribution in [0.3, 0.4) is 0 Å². The van der Waals surface area contributed by atoms with Crippen LogP contribution in [0.25, 0.3) is 0 Å². The van der Waals surface area contributed by atoms with Gasteiger partial charge in [-0.15, -0.1) is 0 Å². The Morgan fingerprint density at radius 2 is 0.978 bits per heavy atom. The quantitative estimate of drug-likeness (QED) is 0.0410. The molecule has 1 unspecified atom stereocenters. The molecule has 0 radical (unpaired) electrons. The summed E-state index contributed by atoms with van der Waals surface area (Å²) in [6, 6.07) is 1.58. The first-order valence-electron chi connectivity index (χ1n) is 18.4. The summed E-state index contributed by atoms with van der Waals surface area (Å²) in [5, 5.41) is 10.2. The number of carbonyl (C=O) groups excluding carboxylic acids is 1. The van der Waals surface area contributed by atoms with E-state index in [0.717, 1.165) is 56.4 Å². The predicted molar refractivity (Wildman–Crippen MR) is 203 cm³/mol. The number of aliphatic hydroxyl groups excluding tert-OH is 1. The summed E-state index contributed by atoms with van der Waals surface area (Å²) < 4.78 is 35.1. The Kier molecular flexibility index (Phi) is 35.2. The van der Waals surface area contributed by atoms with E-state index in [4.69, 9.17) is 38.8 Å². The highest BCUT2D eigenvalue weighted by Crippen LogP contribution is 2.25. The van der Waals surface area contributed by atoms with E-state index in [-0.39, 0.29) is 11.0 Å². The van der Waals surface area contributed by atoms with Gasteiger partial charge in [-0.3, -0.25) is 4.79 Å². The van der Waals surface area contributed by atoms with Crippen LogP contribution in [0.15, 0.2) is 0 Å². The lowest BCUT2D eigenvalue weighted by Gasteiger charge is -2.29. The highest BCUT2D eigenvalue weighted by Gasteiger charge is 2.40. The standard InChI is InChI=1S/2C17H36O4SSi/c1-5-9-10-11-13-16(17(18)22)14-12-15-23(19-6-2,20-7-3)21-8-4;1-5-9-10-11-12-14-17(18)22-15-13-16-23(19-6-2,20-7-3)21-8-4/h16H,5-15H2,1-4H3,(H,18,22);5-16H2,1-4H3. The van der Waals surface area contributed by atoms with Gasteiger partial charge in [-0.05, 0) is 85.9 Å². The van der Waals surface area contributed by atoms with Gasteiger partial charge in [0.25, 0.3) is 0 Å². The van der Waals surface area contributed by atoms with E-state index >= 15 is 0 Å². The number of hydrogen-bond acceptors (Lipinski definition) is 9. The second-order valence-corrected chi connectivity index (χ2v) is 18.3. The Morgan fingerprint density at radius 3 is 1.39 bits per heavy atom. The molecule has 0 aromatic carbocycles. The zero-order valence-corrected chi connectivity index (χ0v) is 34.6. The van der Waals surface area contributed by atoms with Crippen molar-refractivity contribution in [3.05, 3.63) is 0 Å². The van der Waals surface area contributed by atoms with Crippen LogP contribution in [0.2, 0.25) is 12.1 Å². The van der Waals surface area contributed by atoms with Gasteiger partial charge in [0.05, 0.1) is 0 Å². The second-order valence-electron chi connectivity index (χ2n) is 11.2. The third-order valence-corrected chi connectivity index (χ3v) is 15.0. The highest BCUT2D eigenvalue weighted by atomic mass is 32.2. The SMILES string of the molecule is CCCCCCC(CCC[Si](OCC)(OCC)OCC)C(O)=S.CCCCCCCC(=O)SCCC[Si](OCC)(OCC)OCC. The number of hydrogen-bond donors (Lipinski definition) is 1. The fraction of sp³-hybridized carbons (Fsp3) is 0.941. The van der Waals surface area contributed by atoms with Gasteiger partial charge in [-0.1, -0.05) is 77.0 Å². The summed E-state index contributed by atoms with van der Waals surface area (Å²) in [4.78, 5) is 11.9. The smallest absolute Gasteiger partial charge is 0.500 e. The lowest BCUT2D eigenvalue weighted by Crippen LogP contribution is -2.46. The molecular weight excluding hydrogens is 657 g/mol. The van der Waals surface area contributed by atoms with E-state index in [0.29, 0.717) is 51.2 Å². The Hall–Kier alpha value is 0.104. The molecule has 0 rings (SSSR count). The van der Waals surface area contributed by atoms with Crippen molar-refractivity contribution in [2.45, 2.75) is 157 Å². The monoisotopic (exact) mass is 728 g/mol. The van der Waals surface area contributed by atoms with Crippen LogP contribution in [-0.2, 0) is 31.4 Å². The van der Waals surface area contributed by atoms with Gasteiger partial charge in [0.15, 0.2) is 10.2 Å². The van der Waals surface area contributed by atoms with Crippen molar-refractivity contribution in [1.29, 1.82) is 0 Å². The molecule has 1 N–H and O–H groups in total. The van der Waals surface area contributed by atoms with Gasteiger partial charge in [0, 0.05) is 69.8 Å². The van der Waals surface area contributed by atoms with Crippen LogP contribution in [0.4, 0.5) is 0 Å². The average Bonchev–Trinajstić information content (AvgIpc) is 3.01. The Morgan fingerprint density at radius 1 is 0.587 bits per heavy atom. The molecule has 0 aliphatic heterocycles. The lowest BCUT2D eigenvalue weighted by atomic mass is 9.97. The minimum absolute atomic E-state index is 0.110. The fourth-order valence-corrected chi connectivity index (χ4v) is 11.7. The largest absolute Gasteiger partial charge is 0.502 e. The molecule has 0 aliphatic rings. The van der Waals surface area contributed by atoms with E-state index in [1.165, 1.54) is 56.7 Å². The van der Waals surface area contributed by atoms with Gasteiger partial charge in [-0.25, -0.2) is 0 Å². The molecule has 0 fully saturated rings. The van der Waals surface area contributed by atoms with Crippen molar-refractivity contribution in [2.75, 3.05) is 45.4 Å². The summed E-state index contributed by atoms with van der Waals surface area (Å²) in [5.41, 5.74) is 0. The minimum atomic E-state index is -2.57. The molecule has 1 atom stereocenters. The lowest BCUT2D eigenvalue weighted by molar-refractivity contribution is -0.111. The van der Waals surface area contributed by atoms with Crippen LogP contribution in [0.1, 0.15) is 145 Å². The van der Waals surface area contributed by atoms with Crippen LogP contribution in [0.5, 0.6) is 0 Å². The first kappa shape index (κ1) is 48.2. The van der Waals surface area contributed by atoms with Gasteiger partial charge in [-0.2, -0.15) is 0 Å². The minimum Gasteiger partial charge on any atom is -0.502 e. The van der Waals surface area contributed by atoms with Crippen LogP contribution < -0.4 is 0 Å².